The lowest BCUT2D eigenvalue weighted by Gasteiger charge is -2.37. The number of halogens is 1. The second-order valence-electron chi connectivity index (χ2n) is 6.06. The molecule has 2 unspecified atom stereocenters. The monoisotopic (exact) mass is 431 g/mol. The van der Waals surface area contributed by atoms with Gasteiger partial charge in [0.1, 0.15) is 7.11 Å². The SMILES string of the molecule is CCC(=NOC)[C@@H]1[C@@H]2SC(CC2O)C[C@H]1c1ccc(I)cc1. The molecule has 2 bridgehead atoms. The van der Waals surface area contributed by atoms with Gasteiger partial charge in [0.25, 0.3) is 0 Å². The molecule has 0 spiro atoms. The number of thioether (sulfide) groups is 1. The van der Waals surface area contributed by atoms with Gasteiger partial charge in [0.2, 0.25) is 0 Å². The molecule has 0 amide bonds. The molecular formula is C17H22INO2S. The Labute approximate surface area is 150 Å². The minimum Gasteiger partial charge on any atom is -0.399 e. The zero-order valence-corrected chi connectivity index (χ0v) is 15.9. The van der Waals surface area contributed by atoms with Crippen LogP contribution in [0.5, 0.6) is 0 Å². The molecule has 2 saturated heterocycles. The summed E-state index contributed by atoms with van der Waals surface area (Å²) < 4.78 is 1.26. The van der Waals surface area contributed by atoms with Crippen molar-refractivity contribution in [3.05, 3.63) is 33.4 Å². The van der Waals surface area contributed by atoms with E-state index in [4.69, 9.17) is 4.84 Å². The summed E-state index contributed by atoms with van der Waals surface area (Å²) in [6.45, 7) is 2.13. The fourth-order valence-electron chi connectivity index (χ4n) is 3.86. The highest BCUT2D eigenvalue weighted by Crippen LogP contribution is 2.53. The first-order valence-corrected chi connectivity index (χ1v) is 9.85. The van der Waals surface area contributed by atoms with E-state index in [1.165, 1.54) is 9.13 Å². The normalized spacial score (nSPS) is 34.7. The van der Waals surface area contributed by atoms with Gasteiger partial charge in [-0.2, -0.15) is 11.8 Å². The van der Waals surface area contributed by atoms with Gasteiger partial charge in [-0.25, -0.2) is 0 Å². The third-order valence-electron chi connectivity index (χ3n) is 4.79. The molecule has 0 radical (unpaired) electrons. The van der Waals surface area contributed by atoms with Crippen LogP contribution < -0.4 is 0 Å². The van der Waals surface area contributed by atoms with E-state index in [0.717, 1.165) is 25.0 Å². The first-order chi connectivity index (χ1) is 10.6. The Morgan fingerprint density at radius 3 is 2.73 bits per heavy atom. The third kappa shape index (κ3) is 3.17. The van der Waals surface area contributed by atoms with Crippen LogP contribution in [0.3, 0.4) is 0 Å². The Bertz CT molecular complexity index is 548. The molecule has 0 aromatic heterocycles. The largest absolute Gasteiger partial charge is 0.399 e. The van der Waals surface area contributed by atoms with Crippen LogP contribution in [0.25, 0.3) is 0 Å². The van der Waals surface area contributed by atoms with Gasteiger partial charge in [-0.1, -0.05) is 24.2 Å². The van der Waals surface area contributed by atoms with E-state index in [2.05, 4.69) is 58.9 Å². The highest BCUT2D eigenvalue weighted by molar-refractivity contribution is 14.1. The molecule has 2 aliphatic heterocycles. The Morgan fingerprint density at radius 1 is 1.36 bits per heavy atom. The molecule has 120 valence electrons. The number of nitrogens with zero attached hydrogens (tertiary/aromatic N) is 1. The summed E-state index contributed by atoms with van der Waals surface area (Å²) in [5, 5.41) is 15.6. The summed E-state index contributed by atoms with van der Waals surface area (Å²) in [5.41, 5.74) is 2.45. The Morgan fingerprint density at radius 2 is 2.09 bits per heavy atom. The molecule has 1 aromatic rings. The number of rotatable bonds is 4. The van der Waals surface area contributed by atoms with Crippen molar-refractivity contribution in [2.24, 2.45) is 11.1 Å². The van der Waals surface area contributed by atoms with E-state index >= 15 is 0 Å². The molecular weight excluding hydrogens is 409 g/mol. The predicted octanol–water partition coefficient (Wildman–Crippen LogP) is 4.04. The van der Waals surface area contributed by atoms with Gasteiger partial charge in [-0.3, -0.25) is 0 Å². The maximum Gasteiger partial charge on any atom is 0.106 e. The van der Waals surface area contributed by atoms with Crippen molar-refractivity contribution >= 4 is 40.1 Å². The Balaban J connectivity index is 1.98. The maximum atomic E-state index is 10.5. The van der Waals surface area contributed by atoms with E-state index in [1.54, 1.807) is 7.11 Å². The summed E-state index contributed by atoms with van der Waals surface area (Å²) in [5.74, 6) is 0.697. The van der Waals surface area contributed by atoms with Gasteiger partial charge in [-0.05, 0) is 65.5 Å². The first-order valence-electron chi connectivity index (χ1n) is 7.83. The second-order valence-corrected chi connectivity index (χ2v) is 8.79. The second kappa shape index (κ2) is 7.09. The van der Waals surface area contributed by atoms with Crippen LogP contribution >= 0.6 is 34.4 Å². The fourth-order valence-corrected chi connectivity index (χ4v) is 6.10. The average Bonchev–Trinajstić information content (AvgIpc) is 2.81. The van der Waals surface area contributed by atoms with Crippen molar-refractivity contribution in [3.63, 3.8) is 0 Å². The lowest BCUT2D eigenvalue weighted by atomic mass is 9.78. The number of fused-ring (bicyclic) bond motifs is 2. The van der Waals surface area contributed by atoms with E-state index in [0.29, 0.717) is 11.2 Å². The van der Waals surface area contributed by atoms with Crippen molar-refractivity contribution in [2.75, 3.05) is 7.11 Å². The minimum atomic E-state index is -0.220. The molecule has 1 aromatic carbocycles. The van der Waals surface area contributed by atoms with Crippen LogP contribution in [0.15, 0.2) is 29.4 Å². The quantitative estimate of drug-likeness (QED) is 0.445. The molecule has 2 aliphatic rings. The van der Waals surface area contributed by atoms with Crippen molar-refractivity contribution in [2.45, 2.75) is 48.7 Å². The molecule has 22 heavy (non-hydrogen) atoms. The lowest BCUT2D eigenvalue weighted by molar-refractivity contribution is 0.162. The van der Waals surface area contributed by atoms with Crippen LogP contribution in [0, 0.1) is 9.49 Å². The van der Waals surface area contributed by atoms with Crippen LogP contribution in [-0.4, -0.2) is 34.5 Å². The molecule has 2 fully saturated rings. The van der Waals surface area contributed by atoms with Gasteiger partial charge >= 0.3 is 0 Å². The van der Waals surface area contributed by atoms with Crippen molar-refractivity contribution in [1.29, 1.82) is 0 Å². The zero-order chi connectivity index (χ0) is 15.7. The highest BCUT2D eigenvalue weighted by Gasteiger charge is 2.49. The molecule has 0 aliphatic carbocycles. The van der Waals surface area contributed by atoms with Crippen LogP contribution in [0.1, 0.15) is 37.7 Å². The number of oxime groups is 1. The molecule has 3 rings (SSSR count). The molecule has 3 nitrogen and oxygen atoms in total. The van der Waals surface area contributed by atoms with Crippen LogP contribution in [0.4, 0.5) is 0 Å². The smallest absolute Gasteiger partial charge is 0.106 e. The van der Waals surface area contributed by atoms with Crippen LogP contribution in [-0.2, 0) is 4.84 Å². The molecule has 2 heterocycles. The maximum absolute atomic E-state index is 10.5. The number of hydrogen-bond donors (Lipinski definition) is 1. The number of benzene rings is 1. The van der Waals surface area contributed by atoms with Crippen LogP contribution in [0.2, 0.25) is 0 Å². The number of hydrogen-bond acceptors (Lipinski definition) is 4. The van der Waals surface area contributed by atoms with Gasteiger partial charge in [0, 0.05) is 20.0 Å². The standard InChI is InChI=1S/C17H22INO2S/c1-3-14(19-21-2)16-13(10-4-6-11(18)7-5-10)8-12-9-15(20)17(16)22-12/h4-7,12-13,15-17,20H,3,8-9H2,1-2H3/t12?,13-,15?,16+,17+/m0/s1. The van der Waals surface area contributed by atoms with Crippen molar-refractivity contribution < 1.29 is 9.94 Å². The fraction of sp³-hybridized carbons (Fsp3) is 0.588. The van der Waals surface area contributed by atoms with Crippen molar-refractivity contribution in [3.8, 4) is 0 Å². The van der Waals surface area contributed by atoms with E-state index < -0.39 is 0 Å². The summed E-state index contributed by atoms with van der Waals surface area (Å²) in [6.07, 6.45) is 2.68. The average molecular weight is 431 g/mol. The summed E-state index contributed by atoms with van der Waals surface area (Å²) >= 11 is 4.29. The zero-order valence-electron chi connectivity index (χ0n) is 12.9. The topological polar surface area (TPSA) is 41.8 Å². The van der Waals surface area contributed by atoms with Gasteiger partial charge < -0.3 is 9.94 Å². The van der Waals surface area contributed by atoms with E-state index in [9.17, 15) is 5.11 Å². The number of aliphatic hydroxyl groups excluding tert-OH is 1. The summed E-state index contributed by atoms with van der Waals surface area (Å²) in [4.78, 5) is 5.09. The first kappa shape index (κ1) is 16.6. The van der Waals surface area contributed by atoms with Crippen molar-refractivity contribution in [1.82, 2.24) is 0 Å². The Kier molecular flexibility index (Phi) is 5.35. The third-order valence-corrected chi connectivity index (χ3v) is 7.20. The van der Waals surface area contributed by atoms with E-state index in [-0.39, 0.29) is 17.3 Å². The minimum absolute atomic E-state index is 0.220. The molecule has 0 saturated carbocycles. The van der Waals surface area contributed by atoms with Gasteiger partial charge in [-0.15, -0.1) is 0 Å². The highest BCUT2D eigenvalue weighted by atomic mass is 127. The van der Waals surface area contributed by atoms with E-state index in [1.807, 2.05) is 11.8 Å². The van der Waals surface area contributed by atoms with Gasteiger partial charge in [0.15, 0.2) is 0 Å². The molecule has 1 N–H and O–H groups in total. The predicted molar refractivity (Wildman–Crippen MR) is 101 cm³/mol. The summed E-state index contributed by atoms with van der Waals surface area (Å²) in [6, 6.07) is 8.82. The van der Waals surface area contributed by atoms with Gasteiger partial charge in [0.05, 0.1) is 11.8 Å². The molecule has 5 heteroatoms. The molecule has 5 atom stereocenters. The summed E-state index contributed by atoms with van der Waals surface area (Å²) in [7, 11) is 1.61. The Hall–Kier alpha value is -0.270. The lowest BCUT2D eigenvalue weighted by Crippen LogP contribution is -2.38. The number of aliphatic hydroxyl groups is 1.